The average Bonchev–Trinajstić information content (AvgIpc) is 2.70. The molecular formula is C23H21FO3P+. The van der Waals surface area contributed by atoms with E-state index in [2.05, 4.69) is 0 Å². The molecule has 0 spiro atoms. The summed E-state index contributed by atoms with van der Waals surface area (Å²) in [5.41, 5.74) is 0. The number of hydrogen-bond donors (Lipinski definition) is 0. The van der Waals surface area contributed by atoms with Crippen molar-refractivity contribution < 1.29 is 18.7 Å². The molecule has 3 nitrogen and oxygen atoms in total. The lowest BCUT2D eigenvalue weighted by Gasteiger charge is -2.35. The summed E-state index contributed by atoms with van der Waals surface area (Å²) >= 11 is 0. The highest BCUT2D eigenvalue weighted by Crippen LogP contribution is 2.66. The number of benzene rings is 3. The van der Waals surface area contributed by atoms with Crippen LogP contribution in [-0.4, -0.2) is 17.3 Å². The molecule has 0 radical (unpaired) electrons. The first-order valence-electron chi connectivity index (χ1n) is 8.88. The van der Waals surface area contributed by atoms with Crippen LogP contribution in [0.25, 0.3) is 0 Å². The van der Waals surface area contributed by atoms with Gasteiger partial charge in [0.05, 0.1) is 0 Å². The highest BCUT2D eigenvalue weighted by molar-refractivity contribution is 7.97. The Morgan fingerprint density at radius 1 is 0.750 bits per heavy atom. The van der Waals surface area contributed by atoms with E-state index in [4.69, 9.17) is 4.74 Å². The van der Waals surface area contributed by atoms with Gasteiger partial charge in [-0.3, -0.25) is 4.79 Å². The van der Waals surface area contributed by atoms with Crippen molar-refractivity contribution in [3.63, 3.8) is 0 Å². The molecule has 0 saturated heterocycles. The maximum absolute atomic E-state index is 16.6. The molecule has 0 fully saturated rings. The van der Waals surface area contributed by atoms with Gasteiger partial charge in [-0.25, -0.2) is 4.79 Å². The van der Waals surface area contributed by atoms with Gasteiger partial charge in [-0.2, -0.15) is 4.39 Å². The summed E-state index contributed by atoms with van der Waals surface area (Å²) in [7, 11) is -3.16. The van der Waals surface area contributed by atoms with Crippen molar-refractivity contribution in [3.05, 3.63) is 91.0 Å². The van der Waals surface area contributed by atoms with Gasteiger partial charge in [0, 0.05) is 13.8 Å². The van der Waals surface area contributed by atoms with Crippen molar-refractivity contribution in [2.75, 3.05) is 0 Å². The molecule has 3 aromatic rings. The Labute approximate surface area is 164 Å². The minimum atomic E-state index is -3.16. The topological polar surface area (TPSA) is 43.4 Å². The van der Waals surface area contributed by atoms with Gasteiger partial charge in [-0.15, -0.1) is 0 Å². The van der Waals surface area contributed by atoms with E-state index in [0.717, 1.165) is 6.92 Å². The maximum atomic E-state index is 16.6. The van der Waals surface area contributed by atoms with Gasteiger partial charge >= 0.3 is 17.3 Å². The predicted molar refractivity (Wildman–Crippen MR) is 111 cm³/mol. The maximum Gasteiger partial charge on any atom is 0.391 e. The van der Waals surface area contributed by atoms with Crippen molar-refractivity contribution in [2.24, 2.45) is 0 Å². The van der Waals surface area contributed by atoms with Crippen molar-refractivity contribution in [1.82, 2.24) is 0 Å². The van der Waals surface area contributed by atoms with Gasteiger partial charge in [0.1, 0.15) is 15.9 Å². The van der Waals surface area contributed by atoms with E-state index in [9.17, 15) is 9.59 Å². The number of ether oxygens (including phenoxy) is 1. The van der Waals surface area contributed by atoms with Gasteiger partial charge in [-0.1, -0.05) is 54.6 Å². The Morgan fingerprint density at radius 3 is 1.36 bits per heavy atom. The van der Waals surface area contributed by atoms with Crippen LogP contribution in [0.1, 0.15) is 13.8 Å². The van der Waals surface area contributed by atoms with Crippen molar-refractivity contribution in [3.8, 4) is 0 Å². The van der Waals surface area contributed by atoms with E-state index in [-0.39, 0.29) is 0 Å². The van der Waals surface area contributed by atoms with E-state index in [1.165, 1.54) is 6.92 Å². The number of hydrogen-bond acceptors (Lipinski definition) is 3. The van der Waals surface area contributed by atoms with Crippen LogP contribution < -0.4 is 15.9 Å². The van der Waals surface area contributed by atoms with E-state index in [1.807, 2.05) is 91.0 Å². The SMILES string of the molecule is CC(=O)OC(=O)C(C)(F)[P+](c1ccccc1)(c1ccccc1)c1ccccc1. The summed E-state index contributed by atoms with van der Waals surface area (Å²) in [6, 6.07) is 27.4. The molecule has 0 heterocycles. The molecule has 142 valence electrons. The van der Waals surface area contributed by atoms with E-state index in [1.54, 1.807) is 0 Å². The fourth-order valence-corrected chi connectivity index (χ4v) is 8.02. The number of carbonyl (C=O) groups excluding carboxylic acids is 2. The van der Waals surface area contributed by atoms with Crippen molar-refractivity contribution in [1.29, 1.82) is 0 Å². The van der Waals surface area contributed by atoms with Gasteiger partial charge < -0.3 is 4.74 Å². The van der Waals surface area contributed by atoms with Crippen LogP contribution in [0.15, 0.2) is 91.0 Å². The molecule has 1 unspecified atom stereocenters. The monoisotopic (exact) mass is 395 g/mol. The molecule has 0 aliphatic carbocycles. The molecule has 0 N–H and O–H groups in total. The standard InChI is InChI=1S/C23H21FO3P/c1-18(25)27-22(26)23(2,24)28(19-12-6-3-7-13-19,20-14-8-4-9-15-20)21-16-10-5-11-17-21/h3-17H,1-2H3/q+1. The van der Waals surface area contributed by atoms with Crippen molar-refractivity contribution in [2.45, 2.75) is 19.3 Å². The van der Waals surface area contributed by atoms with Crippen LogP contribution in [0.2, 0.25) is 0 Å². The molecule has 28 heavy (non-hydrogen) atoms. The van der Waals surface area contributed by atoms with E-state index >= 15 is 4.39 Å². The first-order chi connectivity index (χ1) is 13.4. The van der Waals surface area contributed by atoms with Crippen LogP contribution in [-0.2, 0) is 14.3 Å². The second-order valence-electron chi connectivity index (χ2n) is 6.51. The van der Waals surface area contributed by atoms with Crippen LogP contribution in [0.5, 0.6) is 0 Å². The molecule has 0 aliphatic heterocycles. The van der Waals surface area contributed by atoms with E-state index in [0.29, 0.717) is 15.9 Å². The second kappa shape index (κ2) is 8.04. The molecule has 3 rings (SSSR count). The Morgan fingerprint density at radius 2 is 1.07 bits per heavy atom. The number of rotatable bonds is 5. The number of esters is 2. The third-order valence-electron chi connectivity index (χ3n) is 4.67. The number of alkyl halides is 1. The number of carbonyl (C=O) groups is 2. The lowest BCUT2D eigenvalue weighted by atomic mass is 10.3. The summed E-state index contributed by atoms with van der Waals surface area (Å²) < 4.78 is 21.4. The van der Waals surface area contributed by atoms with Crippen LogP contribution >= 0.6 is 7.26 Å². The molecule has 5 heteroatoms. The third kappa shape index (κ3) is 3.36. The van der Waals surface area contributed by atoms with Gasteiger partial charge in [0.25, 0.3) is 0 Å². The van der Waals surface area contributed by atoms with Crippen molar-refractivity contribution >= 4 is 35.1 Å². The molecule has 0 saturated carbocycles. The van der Waals surface area contributed by atoms with Crippen LogP contribution in [0.4, 0.5) is 4.39 Å². The van der Waals surface area contributed by atoms with Gasteiger partial charge in [-0.05, 0) is 36.4 Å². The highest BCUT2D eigenvalue weighted by atomic mass is 31.2. The average molecular weight is 395 g/mol. The molecule has 3 aromatic carbocycles. The lowest BCUT2D eigenvalue weighted by molar-refractivity contribution is -0.162. The zero-order chi connectivity index (χ0) is 20.2. The molecule has 0 bridgehead atoms. The summed E-state index contributed by atoms with van der Waals surface area (Å²) in [6.07, 6.45) is 0. The zero-order valence-electron chi connectivity index (χ0n) is 15.7. The summed E-state index contributed by atoms with van der Waals surface area (Å²) in [6.45, 7) is 2.32. The number of halogens is 1. The van der Waals surface area contributed by atoms with E-state index < -0.39 is 24.6 Å². The Kier molecular flexibility index (Phi) is 5.71. The molecule has 1 atom stereocenters. The minimum Gasteiger partial charge on any atom is -0.388 e. The predicted octanol–water partition coefficient (Wildman–Crippen LogP) is 3.76. The zero-order valence-corrected chi connectivity index (χ0v) is 16.6. The fraction of sp³-hybridized carbons (Fsp3) is 0.130. The van der Waals surface area contributed by atoms with Crippen LogP contribution in [0, 0.1) is 0 Å². The largest absolute Gasteiger partial charge is 0.391 e. The fourth-order valence-electron chi connectivity index (χ4n) is 3.49. The van der Waals surface area contributed by atoms with Gasteiger partial charge in [0.15, 0.2) is 7.26 Å². The first kappa shape index (κ1) is 19.9. The molecule has 0 amide bonds. The first-order valence-corrected chi connectivity index (χ1v) is 10.7. The second-order valence-corrected chi connectivity index (χ2v) is 10.2. The van der Waals surface area contributed by atoms with Gasteiger partial charge in [0.2, 0.25) is 0 Å². The third-order valence-corrected chi connectivity index (χ3v) is 9.33. The smallest absolute Gasteiger partial charge is 0.388 e. The Bertz CT molecular complexity index is 860. The molecular weight excluding hydrogens is 374 g/mol. The lowest BCUT2D eigenvalue weighted by Crippen LogP contribution is -2.49. The summed E-state index contributed by atoms with van der Waals surface area (Å²) in [5, 5.41) is -0.378. The summed E-state index contributed by atoms with van der Waals surface area (Å²) in [5.74, 6) is -2.01. The minimum absolute atomic E-state index is 0.693. The molecule has 0 aliphatic rings. The Hall–Kier alpha value is -2.84. The van der Waals surface area contributed by atoms with Crippen LogP contribution in [0.3, 0.4) is 0 Å². The summed E-state index contributed by atoms with van der Waals surface area (Å²) in [4.78, 5) is 24.3. The highest BCUT2D eigenvalue weighted by Gasteiger charge is 2.67. The Balaban J connectivity index is 2.41. The molecule has 0 aromatic heterocycles. The normalized spacial score (nSPS) is 13.4. The quantitative estimate of drug-likeness (QED) is 0.375.